The van der Waals surface area contributed by atoms with Crippen LogP contribution in [-0.2, 0) is 17.8 Å². The van der Waals surface area contributed by atoms with Gasteiger partial charge in [0.15, 0.2) is 0 Å². The molecule has 5 heteroatoms. The molecule has 2 atom stereocenters. The van der Waals surface area contributed by atoms with E-state index in [0.29, 0.717) is 13.0 Å². The van der Waals surface area contributed by atoms with Gasteiger partial charge in [0, 0.05) is 13.0 Å². The molecule has 1 saturated heterocycles. The summed E-state index contributed by atoms with van der Waals surface area (Å²) in [5.41, 5.74) is 2.35. The molecule has 0 aromatic heterocycles. The molecule has 5 nitrogen and oxygen atoms in total. The molecule has 1 aromatic rings. The Morgan fingerprint density at radius 1 is 1.17 bits per heavy atom. The zero-order valence-electron chi connectivity index (χ0n) is 10.1. The number of carbonyl (C=O) groups is 2. The highest BCUT2D eigenvalue weighted by atomic mass is 16.2. The Morgan fingerprint density at radius 3 is 2.67 bits per heavy atom. The summed E-state index contributed by atoms with van der Waals surface area (Å²) in [5, 5.41) is 5.47. The normalized spacial score (nSPS) is 26.6. The average molecular weight is 245 g/mol. The zero-order valence-corrected chi connectivity index (χ0v) is 10.1. The van der Waals surface area contributed by atoms with E-state index in [1.54, 1.807) is 11.8 Å². The third kappa shape index (κ3) is 1.72. The summed E-state index contributed by atoms with van der Waals surface area (Å²) in [4.78, 5) is 25.6. The van der Waals surface area contributed by atoms with Crippen molar-refractivity contribution in [3.63, 3.8) is 0 Å². The van der Waals surface area contributed by atoms with Crippen molar-refractivity contribution in [3.05, 3.63) is 35.4 Å². The van der Waals surface area contributed by atoms with E-state index in [2.05, 4.69) is 10.6 Å². The highest BCUT2D eigenvalue weighted by Gasteiger charge is 2.36. The van der Waals surface area contributed by atoms with Crippen LogP contribution in [0.25, 0.3) is 0 Å². The molecule has 2 aliphatic rings. The van der Waals surface area contributed by atoms with E-state index in [1.165, 1.54) is 5.56 Å². The highest BCUT2D eigenvalue weighted by molar-refractivity contribution is 5.89. The fourth-order valence-corrected chi connectivity index (χ4v) is 2.58. The molecular formula is C13H15N3O2. The molecule has 3 rings (SSSR count). The molecule has 1 fully saturated rings. The molecule has 2 heterocycles. The van der Waals surface area contributed by atoms with Crippen molar-refractivity contribution in [2.75, 3.05) is 0 Å². The second-order valence-corrected chi connectivity index (χ2v) is 4.79. The number of benzene rings is 1. The molecule has 0 radical (unpaired) electrons. The summed E-state index contributed by atoms with van der Waals surface area (Å²) < 4.78 is 0. The molecule has 0 spiro atoms. The van der Waals surface area contributed by atoms with Gasteiger partial charge in [0.25, 0.3) is 0 Å². The summed E-state index contributed by atoms with van der Waals surface area (Å²) in [7, 11) is 0. The lowest BCUT2D eigenvalue weighted by molar-refractivity contribution is -0.135. The standard InChI is InChI=1S/C13H15N3O2/c1-8-12(17)16-7-10-5-3-2-4-9(10)6-11(16)15-13(18)14-8/h2-5,8,11H,6-7H2,1H3,(H2,14,15,18)/t8-,11?/m0/s1. The van der Waals surface area contributed by atoms with Gasteiger partial charge in [-0.3, -0.25) is 4.79 Å². The number of fused-ring (bicyclic) bond motifs is 2. The Kier molecular flexibility index (Phi) is 2.47. The van der Waals surface area contributed by atoms with Crippen LogP contribution in [0.5, 0.6) is 0 Å². The zero-order chi connectivity index (χ0) is 12.7. The Labute approximate surface area is 105 Å². The molecule has 2 N–H and O–H groups in total. The minimum absolute atomic E-state index is 0.0344. The van der Waals surface area contributed by atoms with Gasteiger partial charge >= 0.3 is 6.03 Å². The van der Waals surface area contributed by atoms with Gasteiger partial charge in [-0.25, -0.2) is 4.79 Å². The second-order valence-electron chi connectivity index (χ2n) is 4.79. The highest BCUT2D eigenvalue weighted by Crippen LogP contribution is 2.23. The summed E-state index contributed by atoms with van der Waals surface area (Å²) in [6, 6.07) is 7.29. The molecule has 1 unspecified atom stereocenters. The smallest absolute Gasteiger partial charge is 0.317 e. The maximum atomic E-state index is 12.2. The fraction of sp³-hybridized carbons (Fsp3) is 0.385. The Morgan fingerprint density at radius 2 is 1.89 bits per heavy atom. The van der Waals surface area contributed by atoms with Crippen molar-refractivity contribution < 1.29 is 9.59 Å². The van der Waals surface area contributed by atoms with E-state index >= 15 is 0 Å². The fourth-order valence-electron chi connectivity index (χ4n) is 2.58. The van der Waals surface area contributed by atoms with Crippen LogP contribution in [0.2, 0.25) is 0 Å². The van der Waals surface area contributed by atoms with Crippen LogP contribution in [-0.4, -0.2) is 29.0 Å². The largest absolute Gasteiger partial charge is 0.327 e. The first-order valence-corrected chi connectivity index (χ1v) is 6.09. The first kappa shape index (κ1) is 11.1. The number of rotatable bonds is 0. The average Bonchev–Trinajstić information content (AvgIpc) is 2.45. The Balaban J connectivity index is 1.97. The summed E-state index contributed by atoms with van der Waals surface area (Å²) in [6.45, 7) is 2.27. The SMILES string of the molecule is C[C@@H]1NC(=O)NC2Cc3ccccc3CN2C1=O. The summed E-state index contributed by atoms with van der Waals surface area (Å²) >= 11 is 0. The van der Waals surface area contributed by atoms with Crippen molar-refractivity contribution >= 4 is 11.9 Å². The molecule has 0 bridgehead atoms. The number of amides is 3. The van der Waals surface area contributed by atoms with Crippen LogP contribution in [0.1, 0.15) is 18.1 Å². The number of nitrogens with zero attached hydrogens (tertiary/aromatic N) is 1. The second kappa shape index (κ2) is 4.01. The van der Waals surface area contributed by atoms with Crippen LogP contribution < -0.4 is 10.6 Å². The predicted molar refractivity (Wildman–Crippen MR) is 65.6 cm³/mol. The molecule has 3 amide bonds. The first-order chi connectivity index (χ1) is 8.65. The first-order valence-electron chi connectivity index (χ1n) is 6.09. The van der Waals surface area contributed by atoms with Crippen molar-refractivity contribution in [2.24, 2.45) is 0 Å². The quantitative estimate of drug-likeness (QED) is 0.703. The lowest BCUT2D eigenvalue weighted by Gasteiger charge is -2.35. The number of hydrogen-bond donors (Lipinski definition) is 2. The van der Waals surface area contributed by atoms with Crippen molar-refractivity contribution in [1.29, 1.82) is 0 Å². The van der Waals surface area contributed by atoms with Gasteiger partial charge in [0.05, 0.1) is 0 Å². The maximum Gasteiger partial charge on any atom is 0.317 e. The predicted octanol–water partition coefficient (Wildman–Crippen LogP) is 0.599. The van der Waals surface area contributed by atoms with E-state index in [9.17, 15) is 9.59 Å². The molecular weight excluding hydrogens is 230 g/mol. The van der Waals surface area contributed by atoms with Crippen LogP contribution in [0, 0.1) is 0 Å². The van der Waals surface area contributed by atoms with Gasteiger partial charge in [0.1, 0.15) is 12.2 Å². The minimum atomic E-state index is -0.472. The van der Waals surface area contributed by atoms with E-state index in [-0.39, 0.29) is 18.1 Å². The third-order valence-corrected chi connectivity index (χ3v) is 3.55. The Bertz CT molecular complexity index is 515. The monoisotopic (exact) mass is 245 g/mol. The lowest BCUT2D eigenvalue weighted by atomic mass is 9.97. The molecule has 0 saturated carbocycles. The Hall–Kier alpha value is -2.04. The summed E-state index contributed by atoms with van der Waals surface area (Å²) in [6.07, 6.45) is 0.430. The van der Waals surface area contributed by atoms with Crippen LogP contribution in [0.3, 0.4) is 0 Å². The van der Waals surface area contributed by atoms with Crippen LogP contribution in [0.15, 0.2) is 24.3 Å². The van der Waals surface area contributed by atoms with Gasteiger partial charge < -0.3 is 15.5 Å². The third-order valence-electron chi connectivity index (χ3n) is 3.55. The maximum absolute atomic E-state index is 12.2. The molecule has 94 valence electrons. The van der Waals surface area contributed by atoms with Gasteiger partial charge in [-0.15, -0.1) is 0 Å². The topological polar surface area (TPSA) is 61.4 Å². The molecule has 1 aromatic carbocycles. The minimum Gasteiger partial charge on any atom is -0.327 e. The van der Waals surface area contributed by atoms with Crippen molar-refractivity contribution in [3.8, 4) is 0 Å². The van der Waals surface area contributed by atoms with Gasteiger partial charge in [0.2, 0.25) is 5.91 Å². The number of carbonyl (C=O) groups excluding carboxylic acids is 2. The lowest BCUT2D eigenvalue weighted by Crippen LogP contribution is -2.52. The molecule has 2 aliphatic heterocycles. The molecule has 18 heavy (non-hydrogen) atoms. The number of urea groups is 1. The van der Waals surface area contributed by atoms with Crippen molar-refractivity contribution in [1.82, 2.24) is 15.5 Å². The van der Waals surface area contributed by atoms with Gasteiger partial charge in [-0.1, -0.05) is 24.3 Å². The molecule has 0 aliphatic carbocycles. The van der Waals surface area contributed by atoms with E-state index < -0.39 is 6.04 Å². The van der Waals surface area contributed by atoms with Crippen LogP contribution in [0.4, 0.5) is 4.79 Å². The number of hydrogen-bond acceptors (Lipinski definition) is 2. The van der Waals surface area contributed by atoms with Gasteiger partial charge in [-0.05, 0) is 18.1 Å². The van der Waals surface area contributed by atoms with Gasteiger partial charge in [-0.2, -0.15) is 0 Å². The number of nitrogens with one attached hydrogen (secondary N) is 2. The van der Waals surface area contributed by atoms with E-state index in [1.807, 2.05) is 24.3 Å². The van der Waals surface area contributed by atoms with E-state index in [4.69, 9.17) is 0 Å². The van der Waals surface area contributed by atoms with Crippen LogP contribution >= 0.6 is 0 Å². The van der Waals surface area contributed by atoms with E-state index in [0.717, 1.165) is 5.56 Å². The van der Waals surface area contributed by atoms with Crippen molar-refractivity contribution in [2.45, 2.75) is 32.1 Å². The summed E-state index contributed by atoms with van der Waals surface area (Å²) in [5.74, 6) is -0.0344.